The standard InChI is InChI=1S/C17H15F5N2O4/c18-10-3-9(4-11(19)6-10)13-7-16(28-24-13,17(20,21)22)15(27)23-12-2-1-8(5-12)14(25)26/h3-4,6,8,12H,1-2,5,7H2,(H,23,27)(H,25,26)/t8-,12-,16?/m0/s1. The van der Waals surface area contributed by atoms with Crippen molar-refractivity contribution in [3.8, 4) is 0 Å². The third-order valence-corrected chi connectivity index (χ3v) is 4.87. The molecule has 1 aromatic rings. The minimum atomic E-state index is -5.17. The summed E-state index contributed by atoms with van der Waals surface area (Å²) in [6, 6.07) is 1.35. The number of aliphatic carboxylic acids is 1. The summed E-state index contributed by atoms with van der Waals surface area (Å²) < 4.78 is 67.8. The van der Waals surface area contributed by atoms with E-state index in [1.54, 1.807) is 0 Å². The van der Waals surface area contributed by atoms with Crippen molar-refractivity contribution in [2.75, 3.05) is 0 Å². The Morgan fingerprint density at radius 3 is 2.36 bits per heavy atom. The van der Waals surface area contributed by atoms with Gasteiger partial charge in [0.2, 0.25) is 0 Å². The number of amides is 1. The summed E-state index contributed by atoms with van der Waals surface area (Å²) in [7, 11) is 0. The molecule has 11 heteroatoms. The molecule has 1 saturated carbocycles. The quantitative estimate of drug-likeness (QED) is 0.753. The van der Waals surface area contributed by atoms with Crippen molar-refractivity contribution in [3.05, 3.63) is 35.4 Å². The number of oxime groups is 1. The Bertz CT molecular complexity index is 821. The highest BCUT2D eigenvalue weighted by Gasteiger charge is 2.66. The fourth-order valence-electron chi connectivity index (χ4n) is 3.35. The van der Waals surface area contributed by atoms with E-state index < -0.39 is 59.4 Å². The van der Waals surface area contributed by atoms with Crippen molar-refractivity contribution in [3.63, 3.8) is 0 Å². The predicted octanol–water partition coefficient (Wildman–Crippen LogP) is 2.76. The minimum absolute atomic E-state index is 0.00215. The highest BCUT2D eigenvalue weighted by atomic mass is 19.4. The molecular weight excluding hydrogens is 391 g/mol. The van der Waals surface area contributed by atoms with Crippen LogP contribution in [-0.2, 0) is 14.4 Å². The van der Waals surface area contributed by atoms with E-state index in [1.165, 1.54) is 0 Å². The van der Waals surface area contributed by atoms with Gasteiger partial charge in [-0.3, -0.25) is 9.59 Å². The first kappa shape index (κ1) is 20.0. The molecule has 1 aromatic carbocycles. The smallest absolute Gasteiger partial charge is 0.440 e. The van der Waals surface area contributed by atoms with Crippen molar-refractivity contribution in [1.82, 2.24) is 5.32 Å². The molecule has 1 aliphatic carbocycles. The highest BCUT2D eigenvalue weighted by molar-refractivity contribution is 6.05. The van der Waals surface area contributed by atoms with Gasteiger partial charge < -0.3 is 15.3 Å². The summed E-state index contributed by atoms with van der Waals surface area (Å²) in [5.41, 5.74) is -4.06. The van der Waals surface area contributed by atoms with Crippen LogP contribution in [0.25, 0.3) is 0 Å². The van der Waals surface area contributed by atoms with Gasteiger partial charge in [-0.15, -0.1) is 0 Å². The van der Waals surface area contributed by atoms with Crippen LogP contribution in [0.3, 0.4) is 0 Å². The molecule has 0 radical (unpaired) electrons. The molecule has 0 spiro atoms. The van der Waals surface area contributed by atoms with Crippen LogP contribution in [-0.4, -0.2) is 40.5 Å². The number of nitrogens with one attached hydrogen (secondary N) is 1. The van der Waals surface area contributed by atoms with Gasteiger partial charge in [0.1, 0.15) is 11.6 Å². The first-order valence-corrected chi connectivity index (χ1v) is 8.34. The van der Waals surface area contributed by atoms with Crippen LogP contribution in [0, 0.1) is 17.6 Å². The van der Waals surface area contributed by atoms with Gasteiger partial charge in [-0.2, -0.15) is 13.2 Å². The number of nitrogens with zero attached hydrogens (tertiary/aromatic N) is 1. The number of rotatable bonds is 4. The number of carboxylic acids is 1. The van der Waals surface area contributed by atoms with Crippen LogP contribution in [0.4, 0.5) is 22.0 Å². The van der Waals surface area contributed by atoms with Gasteiger partial charge in [-0.25, -0.2) is 8.78 Å². The summed E-state index contributed by atoms with van der Waals surface area (Å²) in [6.45, 7) is 0. The molecule has 1 unspecified atom stereocenters. The number of halogens is 5. The fraction of sp³-hybridized carbons (Fsp3) is 0.471. The third kappa shape index (κ3) is 3.65. The second-order valence-electron chi connectivity index (χ2n) is 6.81. The van der Waals surface area contributed by atoms with Gasteiger partial charge >= 0.3 is 17.7 Å². The Balaban J connectivity index is 1.80. The Morgan fingerprint density at radius 1 is 1.18 bits per heavy atom. The Labute approximate surface area is 155 Å². The Morgan fingerprint density at radius 2 is 1.82 bits per heavy atom. The monoisotopic (exact) mass is 406 g/mol. The second-order valence-corrected chi connectivity index (χ2v) is 6.81. The lowest BCUT2D eigenvalue weighted by molar-refractivity contribution is -0.259. The number of alkyl halides is 3. The molecule has 3 rings (SSSR count). The highest BCUT2D eigenvalue weighted by Crippen LogP contribution is 2.42. The molecule has 0 aromatic heterocycles. The Kier molecular flexibility index (Phi) is 5.02. The lowest BCUT2D eigenvalue weighted by atomic mass is 9.92. The molecule has 1 heterocycles. The van der Waals surface area contributed by atoms with Gasteiger partial charge in [0, 0.05) is 17.7 Å². The van der Waals surface area contributed by atoms with Gasteiger partial charge in [0.05, 0.1) is 18.1 Å². The molecule has 1 amide bonds. The first-order valence-electron chi connectivity index (χ1n) is 8.34. The molecule has 3 atom stereocenters. The summed E-state index contributed by atoms with van der Waals surface area (Å²) in [5, 5.41) is 14.4. The zero-order valence-corrected chi connectivity index (χ0v) is 14.2. The normalized spacial score (nSPS) is 27.2. The molecular formula is C17H15F5N2O4. The molecule has 152 valence electrons. The van der Waals surface area contributed by atoms with Crippen LogP contribution in [0.5, 0.6) is 0 Å². The number of hydrogen-bond donors (Lipinski definition) is 2. The van der Waals surface area contributed by atoms with Crippen LogP contribution in [0.1, 0.15) is 31.2 Å². The van der Waals surface area contributed by atoms with Crippen molar-refractivity contribution < 1.29 is 41.5 Å². The maximum atomic E-state index is 13.7. The number of carbonyl (C=O) groups excluding carboxylic acids is 1. The van der Waals surface area contributed by atoms with Crippen LogP contribution < -0.4 is 5.32 Å². The van der Waals surface area contributed by atoms with Gasteiger partial charge in [-0.05, 0) is 31.4 Å². The molecule has 0 bridgehead atoms. The molecule has 1 aliphatic heterocycles. The molecule has 1 fully saturated rings. The van der Waals surface area contributed by atoms with E-state index in [1.807, 2.05) is 0 Å². The molecule has 28 heavy (non-hydrogen) atoms. The largest absolute Gasteiger partial charge is 0.481 e. The SMILES string of the molecule is O=C(O)[C@H]1CC[C@H](NC(=O)C2(C(F)(F)F)CC(c3cc(F)cc(F)c3)=NO2)C1. The number of carbonyl (C=O) groups is 2. The van der Waals surface area contributed by atoms with E-state index in [9.17, 15) is 31.5 Å². The van der Waals surface area contributed by atoms with Gasteiger partial charge in [-0.1, -0.05) is 5.16 Å². The molecule has 0 saturated heterocycles. The number of benzene rings is 1. The lowest BCUT2D eigenvalue weighted by Gasteiger charge is -2.29. The van der Waals surface area contributed by atoms with Crippen molar-refractivity contribution in [1.29, 1.82) is 0 Å². The predicted molar refractivity (Wildman–Crippen MR) is 84.3 cm³/mol. The lowest BCUT2D eigenvalue weighted by Crippen LogP contribution is -2.58. The van der Waals surface area contributed by atoms with Crippen LogP contribution in [0.2, 0.25) is 0 Å². The van der Waals surface area contributed by atoms with E-state index in [4.69, 9.17) is 5.11 Å². The van der Waals surface area contributed by atoms with Crippen molar-refractivity contribution in [2.24, 2.45) is 11.1 Å². The molecule has 6 nitrogen and oxygen atoms in total. The van der Waals surface area contributed by atoms with Gasteiger partial charge in [0.25, 0.3) is 5.91 Å². The minimum Gasteiger partial charge on any atom is -0.481 e. The molecule has 2 N–H and O–H groups in total. The summed E-state index contributed by atoms with van der Waals surface area (Å²) in [5.74, 6) is -5.39. The zero-order valence-electron chi connectivity index (χ0n) is 14.2. The second kappa shape index (κ2) is 7.02. The average Bonchev–Trinajstić information content (AvgIpc) is 3.21. The Hall–Kier alpha value is -2.72. The van der Waals surface area contributed by atoms with Crippen LogP contribution >= 0.6 is 0 Å². The fourth-order valence-corrected chi connectivity index (χ4v) is 3.35. The summed E-state index contributed by atoms with van der Waals surface area (Å²) >= 11 is 0. The van der Waals surface area contributed by atoms with E-state index >= 15 is 0 Å². The van der Waals surface area contributed by atoms with Gasteiger partial charge in [0.15, 0.2) is 0 Å². The van der Waals surface area contributed by atoms with E-state index in [-0.39, 0.29) is 24.8 Å². The van der Waals surface area contributed by atoms with Crippen molar-refractivity contribution in [2.45, 2.75) is 43.5 Å². The summed E-state index contributed by atoms with van der Waals surface area (Å²) in [4.78, 5) is 27.9. The van der Waals surface area contributed by atoms with Crippen molar-refractivity contribution >= 4 is 17.6 Å². The number of hydrogen-bond acceptors (Lipinski definition) is 4. The maximum Gasteiger partial charge on any atom is 0.440 e. The summed E-state index contributed by atoms with van der Waals surface area (Å²) in [6.07, 6.45) is -5.80. The average molecular weight is 406 g/mol. The maximum absolute atomic E-state index is 13.7. The van der Waals surface area contributed by atoms with E-state index in [2.05, 4.69) is 15.3 Å². The van der Waals surface area contributed by atoms with Crippen LogP contribution in [0.15, 0.2) is 23.4 Å². The first-order chi connectivity index (χ1) is 13.0. The third-order valence-electron chi connectivity index (χ3n) is 4.87. The van der Waals surface area contributed by atoms with E-state index in [0.717, 1.165) is 12.1 Å². The zero-order chi connectivity index (χ0) is 20.7. The van der Waals surface area contributed by atoms with E-state index in [0.29, 0.717) is 6.07 Å². The number of carboxylic acid groups (broad SMARTS) is 1. The topological polar surface area (TPSA) is 88.0 Å². The molecule has 2 aliphatic rings.